The van der Waals surface area contributed by atoms with Crippen LogP contribution in [-0.2, 0) is 0 Å². The first-order chi connectivity index (χ1) is 8.59. The minimum absolute atomic E-state index is 0.0719. The average molecular weight is 269 g/mol. The monoisotopic (exact) mass is 268 g/mol. The number of carbonyl (C=O) groups is 1. The van der Waals surface area contributed by atoms with Crippen LogP contribution in [0.3, 0.4) is 0 Å². The van der Waals surface area contributed by atoms with Crippen LogP contribution in [0.1, 0.15) is 10.4 Å². The molecule has 1 N–H and O–H groups in total. The topological polar surface area (TPSA) is 42.0 Å². The highest BCUT2D eigenvalue weighted by molar-refractivity contribution is 6.32. The van der Waals surface area contributed by atoms with Gasteiger partial charge in [-0.3, -0.25) is 4.79 Å². The molecule has 6 heteroatoms. The fourth-order valence-electron chi connectivity index (χ4n) is 1.35. The van der Waals surface area contributed by atoms with Crippen molar-refractivity contribution in [3.63, 3.8) is 0 Å². The molecule has 1 amide bonds. The molecule has 0 aliphatic carbocycles. The Bertz CT molecular complexity index is 604. The molecule has 1 aromatic heterocycles. The summed E-state index contributed by atoms with van der Waals surface area (Å²) in [6, 6.07) is 6.42. The molecule has 0 saturated heterocycles. The second-order valence-corrected chi connectivity index (χ2v) is 3.76. The maximum absolute atomic E-state index is 13.4. The number of rotatable bonds is 2. The lowest BCUT2D eigenvalue weighted by molar-refractivity contribution is 0.102. The van der Waals surface area contributed by atoms with Gasteiger partial charge in [0.2, 0.25) is 0 Å². The highest BCUT2D eigenvalue weighted by Gasteiger charge is 2.16. The van der Waals surface area contributed by atoms with Gasteiger partial charge in [-0.25, -0.2) is 13.8 Å². The first-order valence-corrected chi connectivity index (χ1v) is 5.33. The average Bonchev–Trinajstić information content (AvgIpc) is 2.35. The molecule has 0 radical (unpaired) electrons. The zero-order chi connectivity index (χ0) is 13.1. The van der Waals surface area contributed by atoms with Crippen LogP contribution in [0.4, 0.5) is 14.5 Å². The van der Waals surface area contributed by atoms with E-state index in [2.05, 4.69) is 10.3 Å². The number of hydrogen-bond donors (Lipinski definition) is 1. The summed E-state index contributed by atoms with van der Waals surface area (Å²) in [7, 11) is 0. The van der Waals surface area contributed by atoms with Crippen molar-refractivity contribution in [1.82, 2.24) is 4.98 Å². The molecular weight excluding hydrogens is 262 g/mol. The number of halogens is 3. The first kappa shape index (κ1) is 12.4. The van der Waals surface area contributed by atoms with Crippen LogP contribution in [0.15, 0.2) is 36.5 Å². The summed E-state index contributed by atoms with van der Waals surface area (Å²) >= 11 is 5.73. The zero-order valence-corrected chi connectivity index (χ0v) is 9.71. The second kappa shape index (κ2) is 5.10. The largest absolute Gasteiger partial charge is 0.319 e. The summed E-state index contributed by atoms with van der Waals surface area (Å²) in [5.41, 5.74) is -0.164. The Morgan fingerprint density at radius 3 is 2.72 bits per heavy atom. The molecule has 2 aromatic rings. The Morgan fingerprint density at radius 1 is 1.22 bits per heavy atom. The van der Waals surface area contributed by atoms with Gasteiger partial charge in [-0.05, 0) is 24.3 Å². The van der Waals surface area contributed by atoms with E-state index in [0.29, 0.717) is 0 Å². The molecule has 2 rings (SSSR count). The van der Waals surface area contributed by atoms with Crippen LogP contribution in [-0.4, -0.2) is 10.9 Å². The Hall–Kier alpha value is -2.01. The van der Waals surface area contributed by atoms with E-state index < -0.39 is 23.1 Å². The smallest absolute Gasteiger partial charge is 0.258 e. The molecule has 0 bridgehead atoms. The molecule has 3 nitrogen and oxygen atoms in total. The number of anilines is 1. The summed E-state index contributed by atoms with van der Waals surface area (Å²) in [5.74, 6) is -3.07. The number of benzene rings is 1. The van der Waals surface area contributed by atoms with Gasteiger partial charge < -0.3 is 5.32 Å². The zero-order valence-electron chi connectivity index (χ0n) is 8.95. The summed E-state index contributed by atoms with van der Waals surface area (Å²) in [4.78, 5) is 15.5. The number of pyridine rings is 1. The number of aromatic nitrogens is 1. The Kier molecular flexibility index (Phi) is 3.53. The van der Waals surface area contributed by atoms with Crippen LogP contribution in [0.5, 0.6) is 0 Å². The van der Waals surface area contributed by atoms with E-state index in [9.17, 15) is 13.6 Å². The SMILES string of the molecule is O=C(Nc1cccnc1Cl)c1cccc(F)c1F. The fourth-order valence-corrected chi connectivity index (χ4v) is 1.51. The summed E-state index contributed by atoms with van der Waals surface area (Å²) in [6.45, 7) is 0. The molecule has 0 aliphatic rings. The molecule has 0 fully saturated rings. The molecule has 1 heterocycles. The lowest BCUT2D eigenvalue weighted by Gasteiger charge is -2.07. The third-order valence-corrected chi connectivity index (χ3v) is 2.50. The number of hydrogen-bond acceptors (Lipinski definition) is 2. The van der Waals surface area contributed by atoms with Gasteiger partial charge in [-0.2, -0.15) is 0 Å². The second-order valence-electron chi connectivity index (χ2n) is 3.40. The standard InChI is InChI=1S/C12H7ClF2N2O/c13-11-9(5-2-6-16-11)17-12(18)7-3-1-4-8(14)10(7)15/h1-6H,(H,17,18). The predicted octanol–water partition coefficient (Wildman–Crippen LogP) is 3.27. The van der Waals surface area contributed by atoms with Crippen molar-refractivity contribution in [1.29, 1.82) is 0 Å². The molecule has 0 spiro atoms. The molecule has 1 aromatic carbocycles. The third-order valence-electron chi connectivity index (χ3n) is 2.20. The van der Waals surface area contributed by atoms with E-state index in [1.54, 1.807) is 6.07 Å². The predicted molar refractivity (Wildman–Crippen MR) is 63.6 cm³/mol. The Balaban J connectivity index is 2.28. The molecule has 92 valence electrons. The third kappa shape index (κ3) is 2.46. The van der Waals surface area contributed by atoms with Crippen LogP contribution >= 0.6 is 11.6 Å². The molecule has 0 aliphatic heterocycles. The van der Waals surface area contributed by atoms with Crippen molar-refractivity contribution in [3.8, 4) is 0 Å². The minimum atomic E-state index is -1.20. The number of nitrogens with one attached hydrogen (secondary N) is 1. The van der Waals surface area contributed by atoms with Gasteiger partial charge in [0, 0.05) is 6.20 Å². The van der Waals surface area contributed by atoms with Gasteiger partial charge >= 0.3 is 0 Å². The van der Waals surface area contributed by atoms with Gasteiger partial charge in [0.15, 0.2) is 16.8 Å². The van der Waals surface area contributed by atoms with Crippen molar-refractivity contribution >= 4 is 23.2 Å². The molecule has 18 heavy (non-hydrogen) atoms. The Morgan fingerprint density at radius 2 is 2.00 bits per heavy atom. The van der Waals surface area contributed by atoms with Gasteiger partial charge in [0.25, 0.3) is 5.91 Å². The van der Waals surface area contributed by atoms with Crippen LogP contribution in [0.2, 0.25) is 5.15 Å². The number of carbonyl (C=O) groups excluding carboxylic acids is 1. The molecule has 0 unspecified atom stereocenters. The summed E-state index contributed by atoms with van der Waals surface area (Å²) in [5, 5.41) is 2.43. The normalized spacial score (nSPS) is 10.2. The molecule has 0 atom stereocenters. The minimum Gasteiger partial charge on any atom is -0.319 e. The number of amides is 1. The maximum Gasteiger partial charge on any atom is 0.258 e. The highest BCUT2D eigenvalue weighted by Crippen LogP contribution is 2.19. The fraction of sp³-hybridized carbons (Fsp3) is 0. The van der Waals surface area contributed by atoms with E-state index in [4.69, 9.17) is 11.6 Å². The van der Waals surface area contributed by atoms with Crippen molar-refractivity contribution in [2.75, 3.05) is 5.32 Å². The summed E-state index contributed by atoms with van der Waals surface area (Å²) < 4.78 is 26.3. The van der Waals surface area contributed by atoms with Gasteiger partial charge in [-0.1, -0.05) is 17.7 Å². The number of nitrogens with zero attached hydrogens (tertiary/aromatic N) is 1. The highest BCUT2D eigenvalue weighted by atomic mass is 35.5. The van der Waals surface area contributed by atoms with E-state index >= 15 is 0 Å². The van der Waals surface area contributed by atoms with Crippen LogP contribution in [0.25, 0.3) is 0 Å². The first-order valence-electron chi connectivity index (χ1n) is 4.95. The van der Waals surface area contributed by atoms with E-state index in [0.717, 1.165) is 6.07 Å². The molecular formula is C12H7ClF2N2O. The van der Waals surface area contributed by atoms with Crippen molar-refractivity contribution in [3.05, 3.63) is 58.9 Å². The van der Waals surface area contributed by atoms with Crippen LogP contribution in [0, 0.1) is 11.6 Å². The van der Waals surface area contributed by atoms with E-state index in [1.165, 1.54) is 24.4 Å². The van der Waals surface area contributed by atoms with Crippen molar-refractivity contribution in [2.45, 2.75) is 0 Å². The van der Waals surface area contributed by atoms with Gasteiger partial charge in [0.05, 0.1) is 11.3 Å². The van der Waals surface area contributed by atoms with Crippen molar-refractivity contribution < 1.29 is 13.6 Å². The molecule has 0 saturated carbocycles. The van der Waals surface area contributed by atoms with E-state index in [-0.39, 0.29) is 10.8 Å². The quantitative estimate of drug-likeness (QED) is 0.850. The summed E-state index contributed by atoms with van der Waals surface area (Å²) in [6.07, 6.45) is 1.45. The van der Waals surface area contributed by atoms with Crippen molar-refractivity contribution in [2.24, 2.45) is 0 Å². The lowest BCUT2D eigenvalue weighted by Crippen LogP contribution is -2.15. The lowest BCUT2D eigenvalue weighted by atomic mass is 10.2. The van der Waals surface area contributed by atoms with E-state index in [1.807, 2.05) is 0 Å². The van der Waals surface area contributed by atoms with Gasteiger partial charge in [-0.15, -0.1) is 0 Å². The van der Waals surface area contributed by atoms with Crippen LogP contribution < -0.4 is 5.32 Å². The van der Waals surface area contributed by atoms with Gasteiger partial charge in [0.1, 0.15) is 0 Å². The maximum atomic E-state index is 13.4. The Labute approximate surface area is 106 Å².